The minimum Gasteiger partial charge on any atom is -0.497 e. The van der Waals surface area contributed by atoms with Gasteiger partial charge in [0.1, 0.15) is 11.6 Å². The number of aromatic amines is 1. The van der Waals surface area contributed by atoms with E-state index in [9.17, 15) is 9.59 Å². The Morgan fingerprint density at radius 2 is 1.77 bits per heavy atom. The molecule has 1 N–H and O–H groups in total. The number of methoxy groups -OCH3 is 1. The molecule has 4 rings (SSSR count). The summed E-state index contributed by atoms with van der Waals surface area (Å²) < 4.78 is 5.95. The molecule has 1 aromatic heterocycles. The topological polar surface area (TPSA) is 75.3 Å². The van der Waals surface area contributed by atoms with Crippen LogP contribution >= 0.6 is 15.9 Å². The zero-order valence-corrected chi connectivity index (χ0v) is 18.4. The normalized spacial score (nSPS) is 10.8. The van der Waals surface area contributed by atoms with E-state index in [1.807, 2.05) is 36.4 Å². The van der Waals surface area contributed by atoms with Crippen molar-refractivity contribution in [3.63, 3.8) is 0 Å². The molecule has 31 heavy (non-hydrogen) atoms. The summed E-state index contributed by atoms with van der Waals surface area (Å²) in [6, 6.07) is 22.1. The second-order valence-electron chi connectivity index (χ2n) is 7.02. The number of H-pyrrole nitrogens is 1. The highest BCUT2D eigenvalue weighted by Crippen LogP contribution is 2.25. The minimum absolute atomic E-state index is 0.150. The smallest absolute Gasteiger partial charge is 0.258 e. The molecule has 0 atom stereocenters. The van der Waals surface area contributed by atoms with E-state index < -0.39 is 0 Å². The number of rotatable bonds is 6. The molecule has 0 saturated carbocycles. The molecule has 0 saturated heterocycles. The van der Waals surface area contributed by atoms with Gasteiger partial charge in [0.2, 0.25) is 0 Å². The fourth-order valence-electron chi connectivity index (χ4n) is 3.36. The van der Waals surface area contributed by atoms with E-state index in [4.69, 9.17) is 4.74 Å². The van der Waals surface area contributed by atoms with E-state index >= 15 is 0 Å². The van der Waals surface area contributed by atoms with E-state index in [2.05, 4.69) is 25.9 Å². The second kappa shape index (κ2) is 9.14. The Bertz CT molecular complexity index is 1290. The molecule has 4 aromatic rings. The van der Waals surface area contributed by atoms with Crippen molar-refractivity contribution in [3.05, 3.63) is 105 Å². The third kappa shape index (κ3) is 4.67. The zero-order chi connectivity index (χ0) is 21.8. The number of hydrogen-bond donors (Lipinski definition) is 1. The molecule has 0 spiro atoms. The molecule has 1 amide bonds. The van der Waals surface area contributed by atoms with Crippen LogP contribution in [0.15, 0.2) is 82.1 Å². The Labute approximate surface area is 187 Å². The minimum atomic E-state index is -0.227. The zero-order valence-electron chi connectivity index (χ0n) is 16.8. The molecule has 0 radical (unpaired) electrons. The Kier molecular flexibility index (Phi) is 6.13. The van der Waals surface area contributed by atoms with Gasteiger partial charge in [0.25, 0.3) is 11.5 Å². The molecule has 3 aromatic carbocycles. The van der Waals surface area contributed by atoms with Gasteiger partial charge in [-0.15, -0.1) is 0 Å². The lowest BCUT2D eigenvalue weighted by atomic mass is 10.1. The van der Waals surface area contributed by atoms with Gasteiger partial charge in [0.15, 0.2) is 0 Å². The number of benzene rings is 3. The molecule has 0 aliphatic rings. The van der Waals surface area contributed by atoms with Crippen LogP contribution in [-0.4, -0.2) is 27.9 Å². The van der Waals surface area contributed by atoms with E-state index in [-0.39, 0.29) is 18.0 Å². The van der Waals surface area contributed by atoms with Crippen molar-refractivity contribution in [2.24, 2.45) is 0 Å². The first-order valence-electron chi connectivity index (χ1n) is 9.70. The summed E-state index contributed by atoms with van der Waals surface area (Å²) in [7, 11) is 1.56. The van der Waals surface area contributed by atoms with Crippen molar-refractivity contribution in [1.82, 2.24) is 14.9 Å². The van der Waals surface area contributed by atoms with Gasteiger partial charge in [0.05, 0.1) is 30.1 Å². The number of carbonyl (C=O) groups excluding carboxylic acids is 1. The van der Waals surface area contributed by atoms with Gasteiger partial charge in [-0.2, -0.15) is 0 Å². The second-order valence-corrected chi connectivity index (χ2v) is 7.88. The predicted octanol–water partition coefficient (Wildman–Crippen LogP) is 4.54. The summed E-state index contributed by atoms with van der Waals surface area (Å²) in [6.07, 6.45) is 0. The third-order valence-corrected chi connectivity index (χ3v) is 5.60. The van der Waals surface area contributed by atoms with Crippen LogP contribution in [0.3, 0.4) is 0 Å². The number of carbonyl (C=O) groups is 1. The largest absolute Gasteiger partial charge is 0.497 e. The molecule has 0 fully saturated rings. The van der Waals surface area contributed by atoms with Crippen molar-refractivity contribution >= 4 is 32.7 Å². The SMILES string of the molecule is COc1ccc(Br)c(C(=O)N(Cc2ccccc2)Cc2nc3ccccc3c(=O)[nH]2)c1. The van der Waals surface area contributed by atoms with Crippen LogP contribution in [0, 0.1) is 0 Å². The first kappa shape index (κ1) is 20.8. The first-order valence-corrected chi connectivity index (χ1v) is 10.5. The van der Waals surface area contributed by atoms with Crippen LogP contribution in [-0.2, 0) is 13.1 Å². The Hall–Kier alpha value is -3.45. The summed E-state index contributed by atoms with van der Waals surface area (Å²) in [4.78, 5) is 35.0. The van der Waals surface area contributed by atoms with Crippen molar-refractivity contribution < 1.29 is 9.53 Å². The molecule has 6 nitrogen and oxygen atoms in total. The molecule has 7 heteroatoms. The number of nitrogens with one attached hydrogen (secondary N) is 1. The molecular weight excluding hydrogens is 458 g/mol. The lowest BCUT2D eigenvalue weighted by Crippen LogP contribution is -2.32. The van der Waals surface area contributed by atoms with E-state index in [0.29, 0.717) is 39.1 Å². The summed E-state index contributed by atoms with van der Waals surface area (Å²) in [5, 5.41) is 0.516. The van der Waals surface area contributed by atoms with Gasteiger partial charge >= 0.3 is 0 Å². The number of ether oxygens (including phenoxy) is 1. The van der Waals surface area contributed by atoms with E-state index in [1.165, 1.54) is 0 Å². The van der Waals surface area contributed by atoms with Crippen molar-refractivity contribution in [3.8, 4) is 5.75 Å². The number of para-hydroxylation sites is 1. The maximum absolute atomic E-state index is 13.5. The van der Waals surface area contributed by atoms with Gasteiger partial charge in [-0.1, -0.05) is 42.5 Å². The Balaban J connectivity index is 1.73. The lowest BCUT2D eigenvalue weighted by molar-refractivity contribution is 0.0724. The summed E-state index contributed by atoms with van der Waals surface area (Å²) in [5.41, 5.74) is 1.81. The molecular formula is C24H20BrN3O3. The highest BCUT2D eigenvalue weighted by molar-refractivity contribution is 9.10. The summed E-state index contributed by atoms with van der Waals surface area (Å²) >= 11 is 3.47. The molecule has 0 aliphatic heterocycles. The van der Waals surface area contributed by atoms with Gasteiger partial charge in [-0.3, -0.25) is 9.59 Å². The average Bonchev–Trinajstić information content (AvgIpc) is 2.79. The van der Waals surface area contributed by atoms with Crippen LogP contribution in [0.1, 0.15) is 21.7 Å². The maximum Gasteiger partial charge on any atom is 0.258 e. The van der Waals surface area contributed by atoms with Gasteiger partial charge in [-0.05, 0) is 51.8 Å². The molecule has 1 heterocycles. The Morgan fingerprint density at radius 1 is 1.03 bits per heavy atom. The summed E-state index contributed by atoms with van der Waals surface area (Å²) in [5.74, 6) is 0.806. The average molecular weight is 478 g/mol. The number of halogens is 1. The third-order valence-electron chi connectivity index (χ3n) is 4.91. The highest BCUT2D eigenvalue weighted by atomic mass is 79.9. The van der Waals surface area contributed by atoms with Crippen molar-refractivity contribution in [2.45, 2.75) is 13.1 Å². The maximum atomic E-state index is 13.5. The fourth-order valence-corrected chi connectivity index (χ4v) is 3.78. The van der Waals surface area contributed by atoms with Crippen LogP contribution in [0.25, 0.3) is 10.9 Å². The lowest BCUT2D eigenvalue weighted by Gasteiger charge is -2.23. The quantitative estimate of drug-likeness (QED) is 0.442. The molecule has 0 aliphatic carbocycles. The first-order chi connectivity index (χ1) is 15.0. The number of hydrogen-bond acceptors (Lipinski definition) is 4. The number of nitrogens with zero attached hydrogens (tertiary/aromatic N) is 2. The standard InChI is InChI=1S/C24H20BrN3O3/c1-31-17-11-12-20(25)19(13-17)24(30)28(14-16-7-3-2-4-8-16)15-22-26-21-10-6-5-9-18(21)23(29)27-22/h2-13H,14-15H2,1H3,(H,26,27,29). The predicted molar refractivity (Wildman–Crippen MR) is 123 cm³/mol. The van der Waals surface area contributed by atoms with Gasteiger partial charge in [-0.25, -0.2) is 4.98 Å². The van der Waals surface area contributed by atoms with Crippen molar-refractivity contribution in [2.75, 3.05) is 7.11 Å². The fraction of sp³-hybridized carbons (Fsp3) is 0.125. The van der Waals surface area contributed by atoms with Crippen LogP contribution in [0.4, 0.5) is 0 Å². The number of amides is 1. The highest BCUT2D eigenvalue weighted by Gasteiger charge is 2.21. The van der Waals surface area contributed by atoms with Gasteiger partial charge < -0.3 is 14.6 Å². The molecule has 0 unspecified atom stereocenters. The Morgan fingerprint density at radius 3 is 2.55 bits per heavy atom. The van der Waals surface area contributed by atoms with Crippen LogP contribution < -0.4 is 10.3 Å². The van der Waals surface area contributed by atoms with E-state index in [0.717, 1.165) is 5.56 Å². The van der Waals surface area contributed by atoms with Crippen LogP contribution in [0.5, 0.6) is 5.75 Å². The van der Waals surface area contributed by atoms with E-state index in [1.54, 1.807) is 48.4 Å². The molecule has 156 valence electrons. The summed E-state index contributed by atoms with van der Waals surface area (Å²) in [6.45, 7) is 0.511. The monoisotopic (exact) mass is 477 g/mol. The van der Waals surface area contributed by atoms with Crippen molar-refractivity contribution in [1.29, 1.82) is 0 Å². The van der Waals surface area contributed by atoms with Gasteiger partial charge in [0, 0.05) is 11.0 Å². The van der Waals surface area contributed by atoms with Crippen LogP contribution in [0.2, 0.25) is 0 Å². The molecule has 0 bridgehead atoms. The number of aromatic nitrogens is 2. The number of fused-ring (bicyclic) bond motifs is 1.